The highest BCUT2D eigenvalue weighted by Gasteiger charge is 2.37. The standard InChI is InChI=1S/C12H19N2O7P/c1-3-22(18,19)20-6-9-8(15)4-10(21-9)14-5-7(2)11(16)13-12(14)17/h5,8-10,15H,3-4,6H2,1-2H3,(H,18,19)(H,13,16,17). The first kappa shape index (κ1) is 17.1. The van der Waals surface area contributed by atoms with Gasteiger partial charge in [0.1, 0.15) is 12.3 Å². The van der Waals surface area contributed by atoms with Gasteiger partial charge in [0.25, 0.3) is 5.56 Å². The number of nitrogens with zero attached hydrogens (tertiary/aromatic N) is 1. The lowest BCUT2D eigenvalue weighted by Gasteiger charge is -2.18. The molecule has 2 heterocycles. The molecule has 124 valence electrons. The van der Waals surface area contributed by atoms with Gasteiger partial charge < -0.3 is 19.3 Å². The molecular weight excluding hydrogens is 315 g/mol. The van der Waals surface area contributed by atoms with Crippen LogP contribution in [0.5, 0.6) is 0 Å². The van der Waals surface area contributed by atoms with Gasteiger partial charge in [-0.15, -0.1) is 0 Å². The van der Waals surface area contributed by atoms with Gasteiger partial charge in [0.15, 0.2) is 0 Å². The maximum Gasteiger partial charge on any atom is 0.330 e. The van der Waals surface area contributed by atoms with Crippen molar-refractivity contribution in [2.45, 2.75) is 38.7 Å². The van der Waals surface area contributed by atoms with E-state index in [9.17, 15) is 24.2 Å². The second-order valence-corrected chi connectivity index (χ2v) is 7.33. The first-order valence-electron chi connectivity index (χ1n) is 6.85. The molecule has 0 spiro atoms. The van der Waals surface area contributed by atoms with Gasteiger partial charge in [0.05, 0.1) is 12.7 Å². The highest BCUT2D eigenvalue weighted by Crippen LogP contribution is 2.42. The zero-order chi connectivity index (χ0) is 16.5. The Bertz CT molecular complexity index is 697. The number of aryl methyl sites for hydroxylation is 1. The molecule has 3 N–H and O–H groups in total. The number of ether oxygens (including phenoxy) is 1. The van der Waals surface area contributed by atoms with Gasteiger partial charge in [-0.2, -0.15) is 0 Å². The summed E-state index contributed by atoms with van der Waals surface area (Å²) in [6, 6.07) is 0. The molecule has 1 aromatic rings. The number of aromatic nitrogens is 2. The summed E-state index contributed by atoms with van der Waals surface area (Å²) in [4.78, 5) is 34.6. The molecule has 4 atom stereocenters. The van der Waals surface area contributed by atoms with Gasteiger partial charge in [0.2, 0.25) is 0 Å². The van der Waals surface area contributed by atoms with Crippen LogP contribution in [0.15, 0.2) is 15.8 Å². The molecule has 0 saturated carbocycles. The topological polar surface area (TPSA) is 131 Å². The Hall–Kier alpha value is -1.25. The van der Waals surface area contributed by atoms with Crippen molar-refractivity contribution in [1.82, 2.24) is 9.55 Å². The van der Waals surface area contributed by atoms with Crippen molar-refractivity contribution < 1.29 is 23.8 Å². The van der Waals surface area contributed by atoms with Crippen LogP contribution in [0.3, 0.4) is 0 Å². The van der Waals surface area contributed by atoms with Gasteiger partial charge in [-0.3, -0.25) is 18.9 Å². The first-order chi connectivity index (χ1) is 10.2. The molecule has 0 amide bonds. The molecular formula is C12H19N2O7P. The Kier molecular flexibility index (Phi) is 5.03. The van der Waals surface area contributed by atoms with Crippen molar-refractivity contribution in [2.24, 2.45) is 0 Å². The van der Waals surface area contributed by atoms with E-state index in [0.717, 1.165) is 0 Å². The van der Waals surface area contributed by atoms with Crippen molar-refractivity contribution >= 4 is 7.60 Å². The summed E-state index contributed by atoms with van der Waals surface area (Å²) in [7, 11) is -3.68. The SMILES string of the molecule is CCP(=O)(O)OCC1OC(n2cc(C)c(=O)[nH]c2=O)CC1O. The summed E-state index contributed by atoms with van der Waals surface area (Å²) >= 11 is 0. The molecule has 2 rings (SSSR count). The van der Waals surface area contributed by atoms with E-state index in [0.29, 0.717) is 5.56 Å². The van der Waals surface area contributed by atoms with E-state index in [1.54, 1.807) is 6.92 Å². The second-order valence-electron chi connectivity index (χ2n) is 5.16. The monoisotopic (exact) mass is 334 g/mol. The number of hydrogen-bond donors (Lipinski definition) is 3. The van der Waals surface area contributed by atoms with Gasteiger partial charge in [-0.05, 0) is 6.92 Å². The summed E-state index contributed by atoms with van der Waals surface area (Å²) < 4.78 is 23.0. The molecule has 0 radical (unpaired) electrons. The minimum Gasteiger partial charge on any atom is -0.390 e. The van der Waals surface area contributed by atoms with E-state index in [-0.39, 0.29) is 19.2 Å². The van der Waals surface area contributed by atoms with Gasteiger partial charge in [-0.1, -0.05) is 6.92 Å². The number of rotatable bonds is 5. The second kappa shape index (κ2) is 6.47. The van der Waals surface area contributed by atoms with Crippen LogP contribution in [0.2, 0.25) is 0 Å². The van der Waals surface area contributed by atoms with E-state index in [4.69, 9.17) is 9.26 Å². The smallest absolute Gasteiger partial charge is 0.330 e. The molecule has 1 aromatic heterocycles. The average Bonchev–Trinajstić information content (AvgIpc) is 2.82. The van der Waals surface area contributed by atoms with Crippen molar-refractivity contribution in [2.75, 3.05) is 12.8 Å². The Morgan fingerprint density at radius 1 is 1.55 bits per heavy atom. The van der Waals surface area contributed by atoms with Gasteiger partial charge in [0, 0.05) is 24.3 Å². The molecule has 0 bridgehead atoms. The lowest BCUT2D eigenvalue weighted by atomic mass is 10.2. The van der Waals surface area contributed by atoms with Gasteiger partial charge in [-0.25, -0.2) is 4.79 Å². The lowest BCUT2D eigenvalue weighted by Crippen LogP contribution is -2.33. The zero-order valence-corrected chi connectivity index (χ0v) is 13.2. The number of aliphatic hydroxyl groups excluding tert-OH is 1. The van der Waals surface area contributed by atoms with Crippen LogP contribution in [0, 0.1) is 6.92 Å². The highest BCUT2D eigenvalue weighted by atomic mass is 31.2. The molecule has 1 aliphatic rings. The summed E-state index contributed by atoms with van der Waals surface area (Å²) in [6.45, 7) is 2.80. The van der Waals surface area contributed by atoms with Crippen LogP contribution < -0.4 is 11.2 Å². The van der Waals surface area contributed by atoms with E-state index in [1.165, 1.54) is 17.7 Å². The number of nitrogens with one attached hydrogen (secondary N) is 1. The summed E-state index contributed by atoms with van der Waals surface area (Å²) in [5.74, 6) is 0. The summed E-state index contributed by atoms with van der Waals surface area (Å²) in [5.41, 5.74) is -0.789. The third-order valence-corrected chi connectivity index (χ3v) is 4.85. The van der Waals surface area contributed by atoms with Crippen LogP contribution in [-0.4, -0.2) is 44.5 Å². The fourth-order valence-electron chi connectivity index (χ4n) is 2.12. The van der Waals surface area contributed by atoms with E-state index >= 15 is 0 Å². The van der Waals surface area contributed by atoms with Crippen LogP contribution in [0.4, 0.5) is 0 Å². The lowest BCUT2D eigenvalue weighted by molar-refractivity contribution is -0.0424. The molecule has 4 unspecified atom stereocenters. The maximum atomic E-state index is 11.8. The largest absolute Gasteiger partial charge is 0.390 e. The van der Waals surface area contributed by atoms with Crippen LogP contribution >= 0.6 is 7.60 Å². The predicted molar refractivity (Wildman–Crippen MR) is 76.9 cm³/mol. The highest BCUT2D eigenvalue weighted by molar-refractivity contribution is 7.52. The molecule has 0 aliphatic carbocycles. The summed E-state index contributed by atoms with van der Waals surface area (Å²) in [5, 5.41) is 9.94. The average molecular weight is 334 g/mol. The Labute approximate surface area is 126 Å². The fraction of sp³-hybridized carbons (Fsp3) is 0.667. The van der Waals surface area contributed by atoms with Crippen molar-refractivity contribution in [3.05, 3.63) is 32.6 Å². The number of H-pyrrole nitrogens is 1. The number of aliphatic hydroxyl groups is 1. The maximum absolute atomic E-state index is 11.8. The molecule has 1 saturated heterocycles. The quantitative estimate of drug-likeness (QED) is 0.631. The number of hydrogen-bond acceptors (Lipinski definition) is 6. The Balaban J connectivity index is 2.11. The predicted octanol–water partition coefficient (Wildman–Crippen LogP) is -0.285. The van der Waals surface area contributed by atoms with Crippen LogP contribution in [-0.2, 0) is 13.8 Å². The summed E-state index contributed by atoms with van der Waals surface area (Å²) in [6.07, 6.45) is -1.12. The van der Waals surface area contributed by atoms with Crippen molar-refractivity contribution in [3.8, 4) is 0 Å². The zero-order valence-electron chi connectivity index (χ0n) is 12.3. The Morgan fingerprint density at radius 2 is 2.23 bits per heavy atom. The van der Waals surface area contributed by atoms with Crippen molar-refractivity contribution in [3.63, 3.8) is 0 Å². The van der Waals surface area contributed by atoms with E-state index in [1.807, 2.05) is 0 Å². The molecule has 9 nitrogen and oxygen atoms in total. The fourth-order valence-corrected chi connectivity index (χ4v) is 2.68. The molecule has 1 fully saturated rings. The first-order valence-corrected chi connectivity index (χ1v) is 8.61. The van der Waals surface area contributed by atoms with E-state index < -0.39 is 37.3 Å². The molecule has 0 aromatic carbocycles. The molecule has 10 heteroatoms. The minimum absolute atomic E-state index is 0.0438. The molecule has 22 heavy (non-hydrogen) atoms. The minimum atomic E-state index is -3.68. The van der Waals surface area contributed by atoms with Crippen molar-refractivity contribution in [1.29, 1.82) is 0 Å². The van der Waals surface area contributed by atoms with Gasteiger partial charge >= 0.3 is 13.3 Å². The van der Waals surface area contributed by atoms with E-state index in [2.05, 4.69) is 4.98 Å². The number of aromatic amines is 1. The molecule has 1 aliphatic heterocycles. The van der Waals surface area contributed by atoms with Crippen LogP contribution in [0.25, 0.3) is 0 Å². The van der Waals surface area contributed by atoms with Crippen LogP contribution in [0.1, 0.15) is 25.1 Å². The third kappa shape index (κ3) is 3.74. The Morgan fingerprint density at radius 3 is 2.86 bits per heavy atom. The normalized spacial score (nSPS) is 27.7. The third-order valence-electron chi connectivity index (χ3n) is 3.50.